The van der Waals surface area contributed by atoms with Crippen molar-refractivity contribution in [3.8, 4) is 0 Å². The monoisotopic (exact) mass is 284 g/mol. The van der Waals surface area contributed by atoms with Gasteiger partial charge in [0.2, 0.25) is 10.0 Å². The minimum absolute atomic E-state index is 0.115. The maximum Gasteiger partial charge on any atom is 0.243 e. The topological polar surface area (TPSA) is 97.1 Å². The van der Waals surface area contributed by atoms with E-state index >= 15 is 0 Å². The number of benzene rings is 1. The highest BCUT2D eigenvalue weighted by atomic mass is 32.2. The summed E-state index contributed by atoms with van der Waals surface area (Å²) in [6, 6.07) is 6.42. The van der Waals surface area contributed by atoms with E-state index in [-0.39, 0.29) is 11.4 Å². The molecule has 2 rings (SSSR count). The fourth-order valence-corrected chi connectivity index (χ4v) is 3.20. The average Bonchev–Trinajstić information content (AvgIpc) is 2.89. The van der Waals surface area contributed by atoms with E-state index in [1.807, 2.05) is 0 Å². The van der Waals surface area contributed by atoms with Crippen LogP contribution in [0.2, 0.25) is 0 Å². The van der Waals surface area contributed by atoms with Gasteiger partial charge in [0.15, 0.2) is 0 Å². The number of para-hydroxylation sites is 1. The van der Waals surface area contributed by atoms with E-state index in [0.717, 1.165) is 0 Å². The molecule has 4 N–H and O–H groups in total. The molecule has 0 amide bonds. The first-order valence-corrected chi connectivity index (χ1v) is 7.43. The van der Waals surface area contributed by atoms with Crippen molar-refractivity contribution in [1.29, 1.82) is 0 Å². The third-order valence-electron chi connectivity index (χ3n) is 2.23. The van der Waals surface area contributed by atoms with Crippen molar-refractivity contribution in [2.75, 3.05) is 5.43 Å². The number of hydrazine groups is 1. The Morgan fingerprint density at radius 1 is 1.33 bits per heavy atom. The highest BCUT2D eigenvalue weighted by molar-refractivity contribution is 7.89. The molecule has 0 atom stereocenters. The molecule has 0 aliphatic rings. The zero-order valence-electron chi connectivity index (χ0n) is 9.33. The number of thiazole rings is 1. The Morgan fingerprint density at radius 3 is 2.78 bits per heavy atom. The third-order valence-corrected chi connectivity index (χ3v) is 4.47. The Bertz CT molecular complexity index is 611. The van der Waals surface area contributed by atoms with E-state index in [0.29, 0.717) is 10.7 Å². The number of hydrogen-bond acceptors (Lipinski definition) is 6. The van der Waals surface area contributed by atoms with Gasteiger partial charge in [-0.3, -0.25) is 5.84 Å². The Kier molecular flexibility index (Phi) is 3.92. The predicted octanol–water partition coefficient (Wildman–Crippen LogP) is 0.907. The molecule has 6 nitrogen and oxygen atoms in total. The van der Waals surface area contributed by atoms with Gasteiger partial charge in [0.25, 0.3) is 0 Å². The normalized spacial score (nSPS) is 11.4. The molecule has 0 spiro atoms. The lowest BCUT2D eigenvalue weighted by Gasteiger charge is -2.09. The molecule has 0 unspecified atom stereocenters. The van der Waals surface area contributed by atoms with E-state index < -0.39 is 10.0 Å². The standard InChI is InChI=1S/C10H12N4O2S2/c11-14-8-3-1-2-4-9(8)18(15,16)13-7-10-12-5-6-17-10/h1-6,13-14H,7,11H2. The quantitative estimate of drug-likeness (QED) is 0.560. The van der Waals surface area contributed by atoms with Gasteiger partial charge in [-0.25, -0.2) is 18.1 Å². The molecular weight excluding hydrogens is 272 g/mol. The molecule has 0 fully saturated rings. The predicted molar refractivity (Wildman–Crippen MR) is 70.4 cm³/mol. The maximum atomic E-state index is 12.1. The molecule has 2 aromatic rings. The van der Waals surface area contributed by atoms with E-state index in [4.69, 9.17) is 5.84 Å². The Hall–Kier alpha value is -1.48. The van der Waals surface area contributed by atoms with Crippen LogP contribution in [0, 0.1) is 0 Å². The smallest absolute Gasteiger partial charge is 0.243 e. The van der Waals surface area contributed by atoms with Crippen LogP contribution in [0.25, 0.3) is 0 Å². The Labute approximate surface area is 109 Å². The SMILES string of the molecule is NNc1ccccc1S(=O)(=O)NCc1nccs1. The number of nitrogens with one attached hydrogen (secondary N) is 2. The summed E-state index contributed by atoms with van der Waals surface area (Å²) in [7, 11) is -3.60. The van der Waals surface area contributed by atoms with Crippen LogP contribution in [-0.2, 0) is 16.6 Å². The van der Waals surface area contributed by atoms with Crippen LogP contribution in [0.3, 0.4) is 0 Å². The Balaban J connectivity index is 2.20. The largest absolute Gasteiger partial charge is 0.323 e. The van der Waals surface area contributed by atoms with Crippen molar-refractivity contribution < 1.29 is 8.42 Å². The van der Waals surface area contributed by atoms with E-state index in [2.05, 4.69) is 15.1 Å². The number of hydrogen-bond donors (Lipinski definition) is 3. The molecule has 96 valence electrons. The second kappa shape index (κ2) is 5.44. The maximum absolute atomic E-state index is 12.1. The summed E-state index contributed by atoms with van der Waals surface area (Å²) in [4.78, 5) is 4.12. The van der Waals surface area contributed by atoms with Crippen molar-refractivity contribution in [2.24, 2.45) is 5.84 Å². The first kappa shape index (κ1) is 13.0. The number of nitrogens with zero attached hydrogens (tertiary/aromatic N) is 1. The summed E-state index contributed by atoms with van der Waals surface area (Å²) in [5, 5.41) is 2.50. The van der Waals surface area contributed by atoms with Crippen LogP contribution in [0.4, 0.5) is 5.69 Å². The number of rotatable bonds is 5. The van der Waals surface area contributed by atoms with Crippen LogP contribution in [0.5, 0.6) is 0 Å². The molecule has 1 aromatic carbocycles. The number of nitrogen functional groups attached to an aromatic ring is 1. The molecule has 0 saturated carbocycles. The lowest BCUT2D eigenvalue weighted by atomic mass is 10.3. The van der Waals surface area contributed by atoms with Crippen LogP contribution in [-0.4, -0.2) is 13.4 Å². The van der Waals surface area contributed by atoms with Crippen molar-refractivity contribution in [2.45, 2.75) is 11.4 Å². The molecular formula is C10H12N4O2S2. The van der Waals surface area contributed by atoms with Gasteiger partial charge in [-0.05, 0) is 12.1 Å². The molecule has 0 bridgehead atoms. The van der Waals surface area contributed by atoms with Crippen LogP contribution in [0.1, 0.15) is 5.01 Å². The zero-order valence-corrected chi connectivity index (χ0v) is 11.0. The van der Waals surface area contributed by atoms with Crippen LogP contribution in [0.15, 0.2) is 40.7 Å². The van der Waals surface area contributed by atoms with Gasteiger partial charge < -0.3 is 5.43 Å². The summed E-state index contributed by atoms with van der Waals surface area (Å²) in [6.07, 6.45) is 1.63. The summed E-state index contributed by atoms with van der Waals surface area (Å²) < 4.78 is 26.6. The molecule has 8 heteroatoms. The van der Waals surface area contributed by atoms with Gasteiger partial charge in [-0.2, -0.15) is 0 Å². The Morgan fingerprint density at radius 2 is 2.11 bits per heavy atom. The highest BCUT2D eigenvalue weighted by Gasteiger charge is 2.17. The van der Waals surface area contributed by atoms with E-state index in [1.54, 1.807) is 29.8 Å². The minimum atomic E-state index is -3.60. The molecule has 0 saturated heterocycles. The first-order valence-electron chi connectivity index (χ1n) is 5.07. The summed E-state index contributed by atoms with van der Waals surface area (Å²) in [6.45, 7) is 0.166. The molecule has 18 heavy (non-hydrogen) atoms. The summed E-state index contributed by atoms with van der Waals surface area (Å²) in [5.41, 5.74) is 2.71. The van der Waals surface area contributed by atoms with Crippen molar-refractivity contribution >= 4 is 27.0 Å². The molecule has 1 aromatic heterocycles. The summed E-state index contributed by atoms with van der Waals surface area (Å²) >= 11 is 1.39. The highest BCUT2D eigenvalue weighted by Crippen LogP contribution is 2.19. The van der Waals surface area contributed by atoms with E-state index in [9.17, 15) is 8.42 Å². The zero-order chi connectivity index (χ0) is 13.0. The fourth-order valence-electron chi connectivity index (χ4n) is 1.39. The van der Waals surface area contributed by atoms with Crippen molar-refractivity contribution in [3.63, 3.8) is 0 Å². The molecule has 0 aliphatic heterocycles. The molecule has 1 heterocycles. The minimum Gasteiger partial charge on any atom is -0.323 e. The van der Waals surface area contributed by atoms with Crippen LogP contribution >= 0.6 is 11.3 Å². The van der Waals surface area contributed by atoms with Gasteiger partial charge in [0.1, 0.15) is 9.90 Å². The molecule has 0 aliphatic carbocycles. The first-order chi connectivity index (χ1) is 8.63. The second-order valence-corrected chi connectivity index (χ2v) is 6.11. The second-order valence-electron chi connectivity index (χ2n) is 3.39. The molecule has 0 radical (unpaired) electrons. The lowest BCUT2D eigenvalue weighted by molar-refractivity contribution is 0.581. The van der Waals surface area contributed by atoms with Gasteiger partial charge >= 0.3 is 0 Å². The number of sulfonamides is 1. The lowest BCUT2D eigenvalue weighted by Crippen LogP contribution is -2.24. The third kappa shape index (κ3) is 2.85. The van der Waals surface area contributed by atoms with Gasteiger partial charge in [0, 0.05) is 11.6 Å². The number of aromatic nitrogens is 1. The number of anilines is 1. The van der Waals surface area contributed by atoms with Crippen LogP contribution < -0.4 is 16.0 Å². The number of nitrogens with two attached hydrogens (primary N) is 1. The van der Waals surface area contributed by atoms with Gasteiger partial charge in [0.05, 0.1) is 12.2 Å². The van der Waals surface area contributed by atoms with Crippen molar-refractivity contribution in [3.05, 3.63) is 40.8 Å². The van der Waals surface area contributed by atoms with Crippen molar-refractivity contribution in [1.82, 2.24) is 9.71 Å². The summed E-state index contributed by atoms with van der Waals surface area (Å²) in [5.74, 6) is 5.29. The van der Waals surface area contributed by atoms with Gasteiger partial charge in [-0.15, -0.1) is 11.3 Å². The average molecular weight is 284 g/mol. The van der Waals surface area contributed by atoms with Gasteiger partial charge in [-0.1, -0.05) is 12.1 Å². The fraction of sp³-hybridized carbons (Fsp3) is 0.100. The van der Waals surface area contributed by atoms with E-state index in [1.165, 1.54) is 17.4 Å².